The van der Waals surface area contributed by atoms with Crippen molar-refractivity contribution >= 4 is 11.8 Å². The lowest BCUT2D eigenvalue weighted by molar-refractivity contribution is -0.136. The molecule has 1 N–H and O–H groups in total. The van der Waals surface area contributed by atoms with E-state index in [0.29, 0.717) is 18.9 Å². The van der Waals surface area contributed by atoms with Crippen LogP contribution in [-0.2, 0) is 9.59 Å². The third kappa shape index (κ3) is 2.26. The molecule has 19 heavy (non-hydrogen) atoms. The van der Waals surface area contributed by atoms with Crippen molar-refractivity contribution in [2.24, 2.45) is 17.8 Å². The highest BCUT2D eigenvalue weighted by molar-refractivity contribution is 5.89. The second kappa shape index (κ2) is 4.80. The summed E-state index contributed by atoms with van der Waals surface area (Å²) in [5, 5.41) is 2.77. The largest absolute Gasteiger partial charge is 0.345 e. The molecule has 3 rings (SSSR count). The van der Waals surface area contributed by atoms with Crippen LogP contribution in [0.15, 0.2) is 0 Å². The Morgan fingerprint density at radius 2 is 2.05 bits per heavy atom. The Bertz CT molecular complexity index is 396. The summed E-state index contributed by atoms with van der Waals surface area (Å²) < 4.78 is 0. The van der Waals surface area contributed by atoms with Crippen molar-refractivity contribution in [3.8, 4) is 0 Å². The molecule has 1 heterocycles. The van der Waals surface area contributed by atoms with E-state index < -0.39 is 0 Å². The van der Waals surface area contributed by atoms with Crippen molar-refractivity contribution in [3.05, 3.63) is 0 Å². The van der Waals surface area contributed by atoms with Gasteiger partial charge < -0.3 is 10.2 Å². The standard InChI is InChI=1S/C15H24N2O2/c1-9-15(19)17(6-5-14(18)16-9)10(2)13-8-11-3-4-12(13)7-11/h9-13H,3-8H2,1-2H3,(H,16,18). The lowest BCUT2D eigenvalue weighted by atomic mass is 9.83. The second-order valence-corrected chi connectivity index (χ2v) is 6.65. The molecule has 1 saturated heterocycles. The fourth-order valence-corrected chi connectivity index (χ4v) is 4.48. The third-order valence-electron chi connectivity index (χ3n) is 5.51. The maximum atomic E-state index is 12.4. The average Bonchev–Trinajstić information content (AvgIpc) is 2.97. The topological polar surface area (TPSA) is 49.4 Å². The molecule has 4 nitrogen and oxygen atoms in total. The van der Waals surface area contributed by atoms with Gasteiger partial charge in [-0.2, -0.15) is 0 Å². The monoisotopic (exact) mass is 264 g/mol. The quantitative estimate of drug-likeness (QED) is 0.822. The van der Waals surface area contributed by atoms with Crippen LogP contribution in [-0.4, -0.2) is 35.3 Å². The van der Waals surface area contributed by atoms with Crippen LogP contribution in [0, 0.1) is 17.8 Å². The van der Waals surface area contributed by atoms with Gasteiger partial charge in [0.1, 0.15) is 6.04 Å². The minimum absolute atomic E-state index is 0.00323. The smallest absolute Gasteiger partial charge is 0.245 e. The van der Waals surface area contributed by atoms with Gasteiger partial charge in [0.05, 0.1) is 0 Å². The van der Waals surface area contributed by atoms with Crippen molar-refractivity contribution in [2.45, 2.75) is 58.0 Å². The molecule has 2 amide bonds. The molecule has 2 bridgehead atoms. The van der Waals surface area contributed by atoms with Crippen molar-refractivity contribution in [1.29, 1.82) is 0 Å². The summed E-state index contributed by atoms with van der Waals surface area (Å²) in [6.07, 6.45) is 5.82. The van der Waals surface area contributed by atoms with Crippen LogP contribution in [0.4, 0.5) is 0 Å². The van der Waals surface area contributed by atoms with Crippen molar-refractivity contribution in [1.82, 2.24) is 10.2 Å². The lowest BCUT2D eigenvalue weighted by Crippen LogP contribution is -2.49. The molecular formula is C15H24N2O2. The summed E-state index contributed by atoms with van der Waals surface area (Å²) in [7, 11) is 0. The first-order valence-electron chi connectivity index (χ1n) is 7.66. The van der Waals surface area contributed by atoms with Gasteiger partial charge in [0.25, 0.3) is 0 Å². The van der Waals surface area contributed by atoms with Crippen molar-refractivity contribution < 1.29 is 9.59 Å². The molecule has 0 aromatic heterocycles. The fraction of sp³-hybridized carbons (Fsp3) is 0.867. The molecular weight excluding hydrogens is 240 g/mol. The van der Waals surface area contributed by atoms with E-state index in [1.54, 1.807) is 6.92 Å². The highest BCUT2D eigenvalue weighted by atomic mass is 16.2. The van der Waals surface area contributed by atoms with Crippen LogP contribution < -0.4 is 5.32 Å². The first-order chi connectivity index (χ1) is 9.06. The number of nitrogens with zero attached hydrogens (tertiary/aromatic N) is 1. The Morgan fingerprint density at radius 3 is 2.68 bits per heavy atom. The van der Waals surface area contributed by atoms with Crippen LogP contribution in [0.5, 0.6) is 0 Å². The van der Waals surface area contributed by atoms with Crippen molar-refractivity contribution in [2.75, 3.05) is 6.54 Å². The zero-order valence-electron chi connectivity index (χ0n) is 11.9. The first-order valence-corrected chi connectivity index (χ1v) is 7.66. The maximum absolute atomic E-state index is 12.4. The second-order valence-electron chi connectivity index (χ2n) is 6.65. The predicted molar refractivity (Wildman–Crippen MR) is 72.3 cm³/mol. The van der Waals surface area contributed by atoms with Gasteiger partial charge in [-0.3, -0.25) is 9.59 Å². The fourth-order valence-electron chi connectivity index (χ4n) is 4.48. The van der Waals surface area contributed by atoms with E-state index in [4.69, 9.17) is 0 Å². The normalized spacial score (nSPS) is 40.2. The minimum atomic E-state index is -0.365. The summed E-state index contributed by atoms with van der Waals surface area (Å²) in [6, 6.07) is -0.0750. The third-order valence-corrected chi connectivity index (χ3v) is 5.51. The van der Waals surface area contributed by atoms with Crippen LogP contribution in [0.25, 0.3) is 0 Å². The van der Waals surface area contributed by atoms with Crippen LogP contribution in [0.2, 0.25) is 0 Å². The SMILES string of the molecule is CC1NC(=O)CCN(C(C)C2CC3CCC2C3)C1=O. The summed E-state index contributed by atoms with van der Waals surface area (Å²) in [5.41, 5.74) is 0. The van der Waals surface area contributed by atoms with Gasteiger partial charge in [-0.15, -0.1) is 0 Å². The Hall–Kier alpha value is -1.06. The maximum Gasteiger partial charge on any atom is 0.245 e. The number of rotatable bonds is 2. The summed E-state index contributed by atoms with van der Waals surface area (Å²) in [4.78, 5) is 25.9. The van der Waals surface area contributed by atoms with E-state index in [9.17, 15) is 9.59 Å². The molecule has 2 saturated carbocycles. The number of hydrogen-bond acceptors (Lipinski definition) is 2. The number of amides is 2. The molecule has 2 aliphatic carbocycles. The van der Waals surface area contributed by atoms with E-state index in [2.05, 4.69) is 12.2 Å². The molecule has 5 atom stereocenters. The molecule has 1 aliphatic heterocycles. The highest BCUT2D eigenvalue weighted by Gasteiger charge is 2.44. The predicted octanol–water partition coefficient (Wildman–Crippen LogP) is 1.55. The Kier molecular flexibility index (Phi) is 3.27. The van der Waals surface area contributed by atoms with Crippen LogP contribution in [0.1, 0.15) is 46.0 Å². The average molecular weight is 264 g/mol. The van der Waals surface area contributed by atoms with E-state index in [1.165, 1.54) is 25.7 Å². The van der Waals surface area contributed by atoms with Crippen LogP contribution >= 0.6 is 0 Å². The van der Waals surface area contributed by atoms with Gasteiger partial charge in [0.15, 0.2) is 0 Å². The number of hydrogen-bond donors (Lipinski definition) is 1. The molecule has 0 radical (unpaired) electrons. The Morgan fingerprint density at radius 1 is 1.26 bits per heavy atom. The number of carbonyl (C=O) groups is 2. The highest BCUT2D eigenvalue weighted by Crippen LogP contribution is 2.50. The minimum Gasteiger partial charge on any atom is -0.345 e. The van der Waals surface area contributed by atoms with Gasteiger partial charge >= 0.3 is 0 Å². The van der Waals surface area contributed by atoms with Gasteiger partial charge in [-0.1, -0.05) is 6.42 Å². The molecule has 3 fully saturated rings. The van der Waals surface area contributed by atoms with E-state index in [1.807, 2.05) is 4.90 Å². The van der Waals surface area contributed by atoms with Gasteiger partial charge in [0, 0.05) is 19.0 Å². The summed E-state index contributed by atoms with van der Waals surface area (Å²) in [6.45, 7) is 4.57. The molecule has 0 aromatic rings. The Labute approximate surface area is 114 Å². The molecule has 4 heteroatoms. The molecule has 106 valence electrons. The summed E-state index contributed by atoms with van der Waals surface area (Å²) in [5.74, 6) is 2.47. The van der Waals surface area contributed by atoms with E-state index in [0.717, 1.165) is 11.8 Å². The van der Waals surface area contributed by atoms with E-state index in [-0.39, 0.29) is 23.9 Å². The zero-order valence-corrected chi connectivity index (χ0v) is 11.9. The molecule has 0 aromatic carbocycles. The van der Waals surface area contributed by atoms with E-state index >= 15 is 0 Å². The summed E-state index contributed by atoms with van der Waals surface area (Å²) >= 11 is 0. The zero-order chi connectivity index (χ0) is 13.6. The number of nitrogens with one attached hydrogen (secondary N) is 1. The number of fused-ring (bicyclic) bond motifs is 2. The first kappa shape index (κ1) is 12.9. The Balaban J connectivity index is 1.73. The van der Waals surface area contributed by atoms with Gasteiger partial charge in [0.2, 0.25) is 11.8 Å². The van der Waals surface area contributed by atoms with Crippen molar-refractivity contribution in [3.63, 3.8) is 0 Å². The molecule has 5 unspecified atom stereocenters. The molecule has 3 aliphatic rings. The molecule has 0 spiro atoms. The van der Waals surface area contributed by atoms with Crippen LogP contribution in [0.3, 0.4) is 0 Å². The van der Waals surface area contributed by atoms with Gasteiger partial charge in [-0.25, -0.2) is 0 Å². The van der Waals surface area contributed by atoms with Gasteiger partial charge in [-0.05, 0) is 50.9 Å². The lowest BCUT2D eigenvalue weighted by Gasteiger charge is -2.37. The number of carbonyl (C=O) groups excluding carboxylic acids is 2.